The van der Waals surface area contributed by atoms with Crippen LogP contribution < -0.4 is 21.1 Å². The number of nitrogens with one attached hydrogen (secondary N) is 2. The van der Waals surface area contributed by atoms with Crippen LogP contribution in [0.15, 0.2) is 12.1 Å². The lowest BCUT2D eigenvalue weighted by Crippen LogP contribution is -2.49. The van der Waals surface area contributed by atoms with E-state index in [-0.39, 0.29) is 29.5 Å². The summed E-state index contributed by atoms with van der Waals surface area (Å²) in [6, 6.07) is 1.69. The number of nitrogen functional groups attached to an aromatic ring is 1. The molecule has 4 N–H and O–H groups in total. The molecule has 0 bridgehead atoms. The maximum absolute atomic E-state index is 13.5. The Kier molecular flexibility index (Phi) is 2.23. The summed E-state index contributed by atoms with van der Waals surface area (Å²) in [6.07, 6.45) is -0.107. The highest BCUT2D eigenvalue weighted by Gasteiger charge is 2.53. The van der Waals surface area contributed by atoms with E-state index in [1.54, 1.807) is 6.92 Å². The molecule has 0 saturated carbocycles. The van der Waals surface area contributed by atoms with Crippen LogP contribution in [0.1, 0.15) is 18.9 Å². The third kappa shape index (κ3) is 1.54. The number of carbonyl (C=O) groups excluding carboxylic acids is 2. The first-order chi connectivity index (χ1) is 8.92. The smallest absolute Gasteiger partial charge is 0.322 e. The summed E-state index contributed by atoms with van der Waals surface area (Å²) in [7, 11) is 0. The first-order valence-corrected chi connectivity index (χ1v) is 5.82. The van der Waals surface area contributed by atoms with E-state index >= 15 is 0 Å². The van der Waals surface area contributed by atoms with Gasteiger partial charge in [-0.2, -0.15) is 0 Å². The minimum absolute atomic E-state index is 0.106. The Balaban J connectivity index is 2.25. The number of amides is 3. The van der Waals surface area contributed by atoms with Crippen molar-refractivity contribution in [1.29, 1.82) is 0 Å². The highest BCUT2D eigenvalue weighted by Crippen LogP contribution is 2.44. The quantitative estimate of drug-likeness (QED) is 0.473. The van der Waals surface area contributed by atoms with Crippen molar-refractivity contribution in [1.82, 2.24) is 10.6 Å². The molecule has 7 heteroatoms. The van der Waals surface area contributed by atoms with E-state index in [0.717, 1.165) is 6.07 Å². The number of imide groups is 1. The summed E-state index contributed by atoms with van der Waals surface area (Å²) in [5.74, 6) is -0.848. The molecule has 19 heavy (non-hydrogen) atoms. The van der Waals surface area contributed by atoms with E-state index in [9.17, 15) is 14.0 Å². The van der Waals surface area contributed by atoms with Crippen molar-refractivity contribution in [2.45, 2.75) is 25.0 Å². The largest absolute Gasteiger partial charge is 0.488 e. The summed E-state index contributed by atoms with van der Waals surface area (Å²) >= 11 is 0. The van der Waals surface area contributed by atoms with Crippen LogP contribution in [0.25, 0.3) is 0 Å². The SMILES string of the molecule is CC1CC2(NC(=O)NC2=O)c2cc(F)cc(N)c2O1. The number of urea groups is 1. The molecule has 100 valence electrons. The average Bonchev–Trinajstić information content (AvgIpc) is 2.56. The third-order valence-corrected chi connectivity index (χ3v) is 3.40. The number of carbonyl (C=O) groups is 2. The molecule has 2 atom stereocenters. The van der Waals surface area contributed by atoms with Crippen molar-refractivity contribution in [2.75, 3.05) is 5.73 Å². The lowest BCUT2D eigenvalue weighted by molar-refractivity contribution is -0.126. The summed E-state index contributed by atoms with van der Waals surface area (Å²) in [4.78, 5) is 23.5. The number of rotatable bonds is 0. The van der Waals surface area contributed by atoms with Crippen molar-refractivity contribution < 1.29 is 18.7 Å². The molecule has 3 amide bonds. The van der Waals surface area contributed by atoms with Gasteiger partial charge in [-0.1, -0.05) is 0 Å². The van der Waals surface area contributed by atoms with Gasteiger partial charge in [0.2, 0.25) is 0 Å². The van der Waals surface area contributed by atoms with Crippen molar-refractivity contribution in [3.05, 3.63) is 23.5 Å². The van der Waals surface area contributed by atoms with Gasteiger partial charge in [-0.25, -0.2) is 9.18 Å². The van der Waals surface area contributed by atoms with Gasteiger partial charge in [0.15, 0.2) is 5.54 Å². The van der Waals surface area contributed by atoms with Crippen LogP contribution in [-0.2, 0) is 10.3 Å². The predicted molar refractivity (Wildman–Crippen MR) is 63.9 cm³/mol. The van der Waals surface area contributed by atoms with Crippen LogP contribution in [0.5, 0.6) is 5.75 Å². The molecule has 2 unspecified atom stereocenters. The number of fused-ring (bicyclic) bond motifs is 2. The molecule has 2 aliphatic heterocycles. The molecule has 1 aromatic rings. The molecule has 3 rings (SSSR count). The number of hydrogen-bond acceptors (Lipinski definition) is 4. The molecule has 0 radical (unpaired) electrons. The van der Waals surface area contributed by atoms with Crippen molar-refractivity contribution >= 4 is 17.6 Å². The molecule has 6 nitrogen and oxygen atoms in total. The second-order valence-corrected chi connectivity index (χ2v) is 4.82. The fraction of sp³-hybridized carbons (Fsp3) is 0.333. The highest BCUT2D eigenvalue weighted by molar-refractivity contribution is 6.08. The van der Waals surface area contributed by atoms with E-state index in [0.29, 0.717) is 0 Å². The van der Waals surface area contributed by atoms with Gasteiger partial charge >= 0.3 is 6.03 Å². The average molecular weight is 265 g/mol. The molecule has 1 aromatic carbocycles. The fourth-order valence-electron chi connectivity index (χ4n) is 2.67. The third-order valence-electron chi connectivity index (χ3n) is 3.40. The standard InChI is InChI=1S/C12H12FN3O3/c1-5-4-12(10(17)15-11(18)16-12)7-2-6(13)3-8(14)9(7)19-5/h2-3,5H,4,14H2,1H3,(H2,15,16,17,18). The van der Waals surface area contributed by atoms with E-state index in [4.69, 9.17) is 10.5 Å². The van der Waals surface area contributed by atoms with Gasteiger partial charge in [0.1, 0.15) is 11.6 Å². The monoisotopic (exact) mass is 265 g/mol. The number of hydrogen-bond donors (Lipinski definition) is 3. The summed E-state index contributed by atoms with van der Waals surface area (Å²) in [6.45, 7) is 1.76. The summed E-state index contributed by atoms with van der Waals surface area (Å²) in [5, 5.41) is 4.73. The molecular weight excluding hydrogens is 253 g/mol. The Bertz CT molecular complexity index is 604. The van der Waals surface area contributed by atoms with E-state index < -0.39 is 23.3 Å². The molecule has 1 fully saturated rings. The maximum Gasteiger partial charge on any atom is 0.322 e. The van der Waals surface area contributed by atoms with Gasteiger partial charge in [0.05, 0.1) is 11.8 Å². The van der Waals surface area contributed by atoms with Gasteiger partial charge in [0, 0.05) is 18.1 Å². The van der Waals surface area contributed by atoms with Crippen LogP contribution in [0.3, 0.4) is 0 Å². The lowest BCUT2D eigenvalue weighted by atomic mass is 9.81. The Morgan fingerprint density at radius 1 is 1.47 bits per heavy atom. The molecule has 2 heterocycles. The minimum Gasteiger partial charge on any atom is -0.488 e. The van der Waals surface area contributed by atoms with Gasteiger partial charge in [-0.3, -0.25) is 10.1 Å². The zero-order chi connectivity index (χ0) is 13.8. The fourth-order valence-corrected chi connectivity index (χ4v) is 2.67. The molecule has 1 saturated heterocycles. The maximum atomic E-state index is 13.5. The van der Waals surface area contributed by atoms with Crippen LogP contribution in [0, 0.1) is 5.82 Å². The molecule has 0 aromatic heterocycles. The van der Waals surface area contributed by atoms with Gasteiger partial charge in [-0.05, 0) is 13.0 Å². The van der Waals surface area contributed by atoms with E-state index in [2.05, 4.69) is 10.6 Å². The molecule has 1 spiro atoms. The molecule has 2 aliphatic rings. The Morgan fingerprint density at radius 3 is 2.84 bits per heavy atom. The zero-order valence-electron chi connectivity index (χ0n) is 10.1. The summed E-state index contributed by atoms with van der Waals surface area (Å²) in [5.41, 5.74) is 4.78. The van der Waals surface area contributed by atoms with E-state index in [1.807, 2.05) is 0 Å². The molecular formula is C12H12FN3O3. The van der Waals surface area contributed by atoms with Crippen molar-refractivity contribution in [3.63, 3.8) is 0 Å². The molecule has 0 aliphatic carbocycles. The topological polar surface area (TPSA) is 93.5 Å². The van der Waals surface area contributed by atoms with E-state index in [1.165, 1.54) is 6.07 Å². The normalized spacial score (nSPS) is 28.6. The van der Waals surface area contributed by atoms with Crippen LogP contribution >= 0.6 is 0 Å². The first-order valence-electron chi connectivity index (χ1n) is 5.82. The number of halogens is 1. The second-order valence-electron chi connectivity index (χ2n) is 4.82. The number of nitrogens with two attached hydrogens (primary N) is 1. The van der Waals surface area contributed by atoms with Gasteiger partial charge in [-0.15, -0.1) is 0 Å². The summed E-state index contributed by atoms with van der Waals surface area (Å²) < 4.78 is 19.1. The van der Waals surface area contributed by atoms with Crippen LogP contribution in [0.2, 0.25) is 0 Å². The number of anilines is 1. The van der Waals surface area contributed by atoms with Crippen molar-refractivity contribution in [3.8, 4) is 5.75 Å². The Labute approximate surface area is 108 Å². The second kappa shape index (κ2) is 3.59. The first kappa shape index (κ1) is 11.8. The van der Waals surface area contributed by atoms with Gasteiger partial charge < -0.3 is 15.8 Å². The van der Waals surface area contributed by atoms with Crippen molar-refractivity contribution in [2.24, 2.45) is 0 Å². The van der Waals surface area contributed by atoms with Gasteiger partial charge in [0.25, 0.3) is 5.91 Å². The highest BCUT2D eigenvalue weighted by atomic mass is 19.1. The van der Waals surface area contributed by atoms with Crippen LogP contribution in [-0.4, -0.2) is 18.0 Å². The number of ether oxygens (including phenoxy) is 1. The zero-order valence-corrected chi connectivity index (χ0v) is 10.1. The Hall–Kier alpha value is -2.31. The number of benzene rings is 1. The predicted octanol–water partition coefficient (Wildman–Crippen LogP) is 0.614. The Morgan fingerprint density at radius 2 is 2.21 bits per heavy atom. The minimum atomic E-state index is -1.31. The van der Waals surface area contributed by atoms with Crippen LogP contribution in [0.4, 0.5) is 14.9 Å². The lowest BCUT2D eigenvalue weighted by Gasteiger charge is -2.36.